The lowest BCUT2D eigenvalue weighted by Crippen LogP contribution is -2.13. The minimum atomic E-state index is -3.18. The molecule has 0 aliphatic carbocycles. The SMILES string of the molecule is CC(=O)Nc1cc(Nc2ccnc(C(C)(F)F)n2)c(-c2ccc(N(C)C)cn2)cn1. The third kappa shape index (κ3) is 5.02. The van der Waals surface area contributed by atoms with Gasteiger partial charge in [-0.3, -0.25) is 9.78 Å². The molecule has 30 heavy (non-hydrogen) atoms. The number of hydrogen-bond acceptors (Lipinski definition) is 7. The molecule has 0 saturated heterocycles. The number of rotatable bonds is 6. The summed E-state index contributed by atoms with van der Waals surface area (Å²) in [5.41, 5.74) is 2.63. The van der Waals surface area contributed by atoms with E-state index in [1.165, 1.54) is 19.2 Å². The summed E-state index contributed by atoms with van der Waals surface area (Å²) in [6, 6.07) is 6.78. The summed E-state index contributed by atoms with van der Waals surface area (Å²) in [4.78, 5) is 29.5. The molecule has 0 bridgehead atoms. The van der Waals surface area contributed by atoms with Crippen molar-refractivity contribution in [3.05, 3.63) is 48.7 Å². The van der Waals surface area contributed by atoms with Gasteiger partial charge in [-0.15, -0.1) is 0 Å². The fourth-order valence-corrected chi connectivity index (χ4v) is 2.60. The zero-order valence-electron chi connectivity index (χ0n) is 16.9. The highest BCUT2D eigenvalue weighted by Gasteiger charge is 2.28. The summed E-state index contributed by atoms with van der Waals surface area (Å²) in [6.07, 6.45) is 4.50. The van der Waals surface area contributed by atoms with Crippen LogP contribution in [0, 0.1) is 0 Å². The first kappa shape index (κ1) is 21.0. The van der Waals surface area contributed by atoms with Crippen LogP contribution in [0.15, 0.2) is 42.9 Å². The van der Waals surface area contributed by atoms with Crippen molar-refractivity contribution < 1.29 is 13.6 Å². The molecule has 10 heteroatoms. The maximum absolute atomic E-state index is 13.6. The van der Waals surface area contributed by atoms with E-state index in [9.17, 15) is 13.6 Å². The van der Waals surface area contributed by atoms with Crippen LogP contribution in [0.5, 0.6) is 0 Å². The average molecular weight is 413 g/mol. The number of pyridine rings is 2. The van der Waals surface area contributed by atoms with Gasteiger partial charge in [0.2, 0.25) is 11.7 Å². The number of nitrogens with zero attached hydrogens (tertiary/aromatic N) is 5. The van der Waals surface area contributed by atoms with E-state index >= 15 is 0 Å². The second-order valence-corrected chi connectivity index (χ2v) is 6.87. The minimum absolute atomic E-state index is 0.174. The van der Waals surface area contributed by atoms with Crippen LogP contribution in [0.4, 0.5) is 31.8 Å². The second kappa shape index (κ2) is 8.36. The van der Waals surface area contributed by atoms with Crippen LogP contribution < -0.4 is 15.5 Å². The number of aromatic nitrogens is 4. The Balaban J connectivity index is 2.03. The molecule has 0 aromatic carbocycles. The lowest BCUT2D eigenvalue weighted by Gasteiger charge is -2.16. The lowest BCUT2D eigenvalue weighted by atomic mass is 10.1. The quantitative estimate of drug-likeness (QED) is 0.634. The average Bonchev–Trinajstić information content (AvgIpc) is 2.67. The molecule has 0 fully saturated rings. The molecular formula is C20H21F2N7O. The van der Waals surface area contributed by atoms with Gasteiger partial charge in [-0.25, -0.2) is 15.0 Å². The van der Waals surface area contributed by atoms with Crippen molar-refractivity contribution in [2.45, 2.75) is 19.8 Å². The van der Waals surface area contributed by atoms with Gasteiger partial charge in [0.25, 0.3) is 0 Å². The van der Waals surface area contributed by atoms with Crippen LogP contribution in [0.2, 0.25) is 0 Å². The highest BCUT2D eigenvalue weighted by molar-refractivity contribution is 5.89. The summed E-state index contributed by atoms with van der Waals surface area (Å²) in [6.45, 7) is 2.10. The van der Waals surface area contributed by atoms with Gasteiger partial charge in [0.1, 0.15) is 11.6 Å². The number of alkyl halides is 2. The predicted octanol–water partition coefficient (Wildman–Crippen LogP) is 3.81. The van der Waals surface area contributed by atoms with Crippen LogP contribution >= 0.6 is 0 Å². The van der Waals surface area contributed by atoms with Crippen LogP contribution in [0.1, 0.15) is 19.7 Å². The maximum Gasteiger partial charge on any atom is 0.303 e. The van der Waals surface area contributed by atoms with E-state index < -0.39 is 11.7 Å². The molecule has 0 atom stereocenters. The Morgan fingerprint density at radius 2 is 1.83 bits per heavy atom. The van der Waals surface area contributed by atoms with Crippen molar-refractivity contribution >= 4 is 28.9 Å². The van der Waals surface area contributed by atoms with E-state index in [0.29, 0.717) is 22.8 Å². The zero-order chi connectivity index (χ0) is 21.9. The number of hydrogen-bond donors (Lipinski definition) is 2. The molecule has 3 aromatic heterocycles. The highest BCUT2D eigenvalue weighted by atomic mass is 19.3. The van der Waals surface area contributed by atoms with Crippen LogP contribution in [-0.2, 0) is 10.7 Å². The van der Waals surface area contributed by atoms with Crippen molar-refractivity contribution in [1.29, 1.82) is 0 Å². The Morgan fingerprint density at radius 3 is 2.43 bits per heavy atom. The van der Waals surface area contributed by atoms with Gasteiger partial charge in [-0.2, -0.15) is 8.78 Å². The zero-order valence-corrected chi connectivity index (χ0v) is 16.9. The number of halogens is 2. The van der Waals surface area contributed by atoms with Gasteiger partial charge in [0, 0.05) is 52.0 Å². The van der Waals surface area contributed by atoms with Gasteiger partial charge < -0.3 is 15.5 Å². The Morgan fingerprint density at radius 1 is 1.07 bits per heavy atom. The van der Waals surface area contributed by atoms with Crippen LogP contribution in [-0.4, -0.2) is 39.9 Å². The first-order chi connectivity index (χ1) is 14.1. The number of carbonyl (C=O) groups is 1. The molecule has 0 unspecified atom stereocenters. The molecule has 0 spiro atoms. The number of carbonyl (C=O) groups excluding carboxylic acids is 1. The van der Waals surface area contributed by atoms with Gasteiger partial charge in [0.15, 0.2) is 0 Å². The van der Waals surface area contributed by atoms with Gasteiger partial charge in [-0.1, -0.05) is 0 Å². The summed E-state index contributed by atoms with van der Waals surface area (Å²) in [5, 5.41) is 5.61. The summed E-state index contributed by atoms with van der Waals surface area (Å²) < 4.78 is 27.2. The van der Waals surface area contributed by atoms with Gasteiger partial charge in [-0.05, 0) is 18.2 Å². The van der Waals surface area contributed by atoms with Gasteiger partial charge in [0.05, 0.1) is 23.3 Å². The highest BCUT2D eigenvalue weighted by Crippen LogP contribution is 2.31. The fraction of sp³-hybridized carbons (Fsp3) is 0.250. The third-order valence-corrected chi connectivity index (χ3v) is 4.06. The van der Waals surface area contributed by atoms with Crippen LogP contribution in [0.3, 0.4) is 0 Å². The molecule has 8 nitrogen and oxygen atoms in total. The first-order valence-electron chi connectivity index (χ1n) is 9.03. The lowest BCUT2D eigenvalue weighted by molar-refractivity contribution is -0.114. The van der Waals surface area contributed by atoms with Crippen molar-refractivity contribution in [2.24, 2.45) is 0 Å². The van der Waals surface area contributed by atoms with Crippen molar-refractivity contribution in [2.75, 3.05) is 29.6 Å². The van der Waals surface area contributed by atoms with E-state index in [-0.39, 0.29) is 11.7 Å². The number of anilines is 4. The molecule has 0 aliphatic rings. The Labute approximate surface area is 172 Å². The largest absolute Gasteiger partial charge is 0.376 e. The van der Waals surface area contributed by atoms with E-state index in [4.69, 9.17) is 0 Å². The van der Waals surface area contributed by atoms with Crippen molar-refractivity contribution in [3.8, 4) is 11.3 Å². The second-order valence-electron chi connectivity index (χ2n) is 6.87. The molecule has 0 saturated carbocycles. The molecule has 0 radical (unpaired) electrons. The molecule has 2 N–H and O–H groups in total. The number of amides is 1. The third-order valence-electron chi connectivity index (χ3n) is 4.06. The molecule has 0 aliphatic heterocycles. The summed E-state index contributed by atoms with van der Waals surface area (Å²) in [5.74, 6) is -3.59. The smallest absolute Gasteiger partial charge is 0.303 e. The molecule has 156 valence electrons. The van der Waals surface area contributed by atoms with Crippen molar-refractivity contribution in [3.63, 3.8) is 0 Å². The van der Waals surface area contributed by atoms with E-state index in [0.717, 1.165) is 12.6 Å². The van der Waals surface area contributed by atoms with Crippen LogP contribution in [0.25, 0.3) is 11.3 Å². The molecule has 3 rings (SSSR count). The summed E-state index contributed by atoms with van der Waals surface area (Å²) in [7, 11) is 3.81. The summed E-state index contributed by atoms with van der Waals surface area (Å²) >= 11 is 0. The van der Waals surface area contributed by atoms with E-state index in [1.807, 2.05) is 31.1 Å². The predicted molar refractivity (Wildman–Crippen MR) is 111 cm³/mol. The van der Waals surface area contributed by atoms with Gasteiger partial charge >= 0.3 is 5.92 Å². The first-order valence-corrected chi connectivity index (χ1v) is 9.03. The standard InChI is InChI=1S/C20H21F2N7O/c1-12(30)26-18-9-16(27-17-7-8-23-19(28-17)20(2,21)22)14(11-25-18)15-6-5-13(10-24-15)29(3)4/h5-11H,1-4H3,(H2,23,25,26,27,28,30). The Kier molecular flexibility index (Phi) is 5.86. The van der Waals surface area contributed by atoms with E-state index in [1.54, 1.807) is 18.5 Å². The number of nitrogens with one attached hydrogen (secondary N) is 2. The van der Waals surface area contributed by atoms with E-state index in [2.05, 4.69) is 30.6 Å². The topological polar surface area (TPSA) is 95.9 Å². The molecule has 1 amide bonds. The Bertz CT molecular complexity index is 1050. The maximum atomic E-state index is 13.6. The van der Waals surface area contributed by atoms with Crippen molar-refractivity contribution in [1.82, 2.24) is 19.9 Å². The monoisotopic (exact) mass is 413 g/mol. The minimum Gasteiger partial charge on any atom is -0.376 e. The normalized spacial score (nSPS) is 11.1. The molecule has 3 heterocycles. The fourth-order valence-electron chi connectivity index (χ4n) is 2.60. The molecule has 3 aromatic rings. The molecular weight excluding hydrogens is 392 g/mol. The Hall–Kier alpha value is -3.69.